The van der Waals surface area contributed by atoms with Gasteiger partial charge in [-0.1, -0.05) is 33.1 Å². The van der Waals surface area contributed by atoms with Gasteiger partial charge >= 0.3 is 0 Å². The fourth-order valence-corrected chi connectivity index (χ4v) is 3.06. The monoisotopic (exact) mass is 290 g/mol. The molecule has 1 aliphatic carbocycles. The summed E-state index contributed by atoms with van der Waals surface area (Å²) in [5.74, 6) is 0.819. The Bertz CT molecular complexity index is 253. The highest BCUT2D eigenvalue weighted by Crippen LogP contribution is 2.29. The third kappa shape index (κ3) is 4.64. The molecular formula is C15H31ClN2O. The third-order valence-electron chi connectivity index (χ3n) is 4.94. The van der Waals surface area contributed by atoms with Gasteiger partial charge in [-0.15, -0.1) is 12.4 Å². The Morgan fingerprint density at radius 3 is 2.21 bits per heavy atom. The van der Waals surface area contributed by atoms with Crippen LogP contribution < -0.4 is 11.1 Å². The summed E-state index contributed by atoms with van der Waals surface area (Å²) < 4.78 is 0. The van der Waals surface area contributed by atoms with Gasteiger partial charge in [-0.2, -0.15) is 0 Å². The molecule has 1 unspecified atom stereocenters. The molecule has 114 valence electrons. The first-order valence-electron chi connectivity index (χ1n) is 7.60. The van der Waals surface area contributed by atoms with E-state index in [0.29, 0.717) is 18.5 Å². The van der Waals surface area contributed by atoms with Crippen molar-refractivity contribution >= 4 is 18.3 Å². The van der Waals surface area contributed by atoms with Crippen molar-refractivity contribution in [2.75, 3.05) is 6.54 Å². The van der Waals surface area contributed by atoms with Crippen LogP contribution in [0.3, 0.4) is 0 Å². The lowest BCUT2D eigenvalue weighted by Gasteiger charge is -2.34. The molecule has 0 spiro atoms. The Morgan fingerprint density at radius 2 is 1.79 bits per heavy atom. The van der Waals surface area contributed by atoms with E-state index in [1.54, 1.807) is 0 Å². The van der Waals surface area contributed by atoms with Crippen LogP contribution in [-0.2, 0) is 4.79 Å². The molecule has 1 amide bonds. The Labute approximate surface area is 124 Å². The van der Waals surface area contributed by atoms with Crippen LogP contribution in [0, 0.1) is 11.3 Å². The van der Waals surface area contributed by atoms with Gasteiger partial charge in [-0.25, -0.2) is 0 Å². The first-order valence-corrected chi connectivity index (χ1v) is 7.60. The van der Waals surface area contributed by atoms with E-state index in [1.165, 1.54) is 32.1 Å². The molecule has 0 aromatic heterocycles. The molecule has 4 heteroatoms. The number of nitrogens with two attached hydrogens (primary N) is 1. The first-order chi connectivity index (χ1) is 8.59. The zero-order valence-corrected chi connectivity index (χ0v) is 13.5. The summed E-state index contributed by atoms with van der Waals surface area (Å²) in [6.45, 7) is 6.71. The van der Waals surface area contributed by atoms with E-state index in [2.05, 4.69) is 26.1 Å². The van der Waals surface area contributed by atoms with E-state index < -0.39 is 0 Å². The maximum atomic E-state index is 12.4. The second kappa shape index (κ2) is 8.80. The van der Waals surface area contributed by atoms with Gasteiger partial charge in [0, 0.05) is 12.6 Å². The van der Waals surface area contributed by atoms with Crippen molar-refractivity contribution in [1.29, 1.82) is 0 Å². The summed E-state index contributed by atoms with van der Waals surface area (Å²) in [5.41, 5.74) is 5.46. The molecule has 0 heterocycles. The smallest absolute Gasteiger partial charge is 0.227 e. The van der Waals surface area contributed by atoms with Gasteiger partial charge in [0.2, 0.25) is 5.91 Å². The number of carbonyl (C=O) groups excluding carboxylic acids is 1. The van der Waals surface area contributed by atoms with Crippen LogP contribution in [0.2, 0.25) is 0 Å². The van der Waals surface area contributed by atoms with Crippen LogP contribution >= 0.6 is 12.4 Å². The minimum atomic E-state index is -0.358. The predicted molar refractivity (Wildman–Crippen MR) is 83.5 cm³/mol. The Morgan fingerprint density at radius 1 is 1.26 bits per heavy atom. The molecule has 3 N–H and O–H groups in total. The van der Waals surface area contributed by atoms with Crippen molar-refractivity contribution in [2.45, 2.75) is 71.8 Å². The van der Waals surface area contributed by atoms with Gasteiger partial charge in [-0.3, -0.25) is 4.79 Å². The molecule has 0 aromatic carbocycles. The number of carbonyl (C=O) groups is 1. The number of rotatable bonds is 6. The Kier molecular flexibility index (Phi) is 8.67. The number of amides is 1. The fraction of sp³-hybridized carbons (Fsp3) is 0.933. The van der Waals surface area contributed by atoms with Crippen LogP contribution in [0.25, 0.3) is 0 Å². The zero-order valence-electron chi connectivity index (χ0n) is 12.7. The van der Waals surface area contributed by atoms with E-state index in [1.807, 2.05) is 0 Å². The molecule has 0 aromatic rings. The third-order valence-corrected chi connectivity index (χ3v) is 4.94. The molecule has 1 saturated carbocycles. The molecule has 1 aliphatic rings. The molecule has 0 saturated heterocycles. The number of nitrogens with one attached hydrogen (secondary N) is 1. The van der Waals surface area contributed by atoms with Gasteiger partial charge in [0.15, 0.2) is 0 Å². The van der Waals surface area contributed by atoms with Crippen LogP contribution in [0.15, 0.2) is 0 Å². The first kappa shape index (κ1) is 18.7. The molecule has 0 aliphatic heterocycles. The largest absolute Gasteiger partial charge is 0.353 e. The number of halogens is 1. The summed E-state index contributed by atoms with van der Waals surface area (Å²) in [6, 6.07) is 0.293. The van der Waals surface area contributed by atoms with Crippen molar-refractivity contribution < 1.29 is 4.79 Å². The van der Waals surface area contributed by atoms with Crippen molar-refractivity contribution in [3.63, 3.8) is 0 Å². The molecule has 3 nitrogen and oxygen atoms in total. The normalized spacial score (nSPS) is 18.5. The van der Waals surface area contributed by atoms with E-state index in [4.69, 9.17) is 5.73 Å². The SMILES string of the molecule is CCC(CC)(CN)C(=O)NC(C)C1CCCCC1.Cl. The number of hydrogen-bond donors (Lipinski definition) is 2. The second-order valence-electron chi connectivity index (χ2n) is 5.85. The summed E-state index contributed by atoms with van der Waals surface area (Å²) in [6.07, 6.45) is 8.15. The Balaban J connectivity index is 0.00000324. The zero-order chi connectivity index (χ0) is 13.6. The predicted octanol–water partition coefficient (Wildman–Crippen LogP) is 3.26. The summed E-state index contributed by atoms with van der Waals surface area (Å²) >= 11 is 0. The highest BCUT2D eigenvalue weighted by atomic mass is 35.5. The van der Waals surface area contributed by atoms with Gasteiger partial charge < -0.3 is 11.1 Å². The summed E-state index contributed by atoms with van der Waals surface area (Å²) in [4.78, 5) is 12.4. The maximum Gasteiger partial charge on any atom is 0.227 e. The minimum Gasteiger partial charge on any atom is -0.353 e. The summed E-state index contributed by atoms with van der Waals surface area (Å²) in [5, 5.41) is 3.22. The van der Waals surface area contributed by atoms with E-state index in [0.717, 1.165) is 12.8 Å². The van der Waals surface area contributed by atoms with Gasteiger partial charge in [0.05, 0.1) is 5.41 Å². The van der Waals surface area contributed by atoms with Crippen molar-refractivity contribution in [1.82, 2.24) is 5.32 Å². The lowest BCUT2D eigenvalue weighted by atomic mass is 9.80. The number of hydrogen-bond acceptors (Lipinski definition) is 2. The van der Waals surface area contributed by atoms with Gasteiger partial charge in [-0.05, 0) is 38.5 Å². The molecule has 19 heavy (non-hydrogen) atoms. The summed E-state index contributed by atoms with van der Waals surface area (Å²) in [7, 11) is 0. The van der Waals surface area contributed by atoms with Crippen molar-refractivity contribution in [3.05, 3.63) is 0 Å². The average Bonchev–Trinajstić information content (AvgIpc) is 2.42. The lowest BCUT2D eigenvalue weighted by Crippen LogP contribution is -2.50. The van der Waals surface area contributed by atoms with Gasteiger partial charge in [0.1, 0.15) is 0 Å². The standard InChI is InChI=1S/C15H30N2O.ClH/c1-4-15(5-2,11-16)14(18)17-12(3)13-9-7-6-8-10-13;/h12-13H,4-11,16H2,1-3H3,(H,17,18);1H. The topological polar surface area (TPSA) is 55.1 Å². The van der Waals surface area contributed by atoms with Gasteiger partial charge in [0.25, 0.3) is 0 Å². The molecule has 1 fully saturated rings. The van der Waals surface area contributed by atoms with E-state index >= 15 is 0 Å². The maximum absolute atomic E-state index is 12.4. The average molecular weight is 291 g/mol. The minimum absolute atomic E-state index is 0. The van der Waals surface area contributed by atoms with E-state index in [9.17, 15) is 4.79 Å². The van der Waals surface area contributed by atoms with Crippen LogP contribution in [0.1, 0.15) is 65.7 Å². The van der Waals surface area contributed by atoms with Crippen LogP contribution in [0.4, 0.5) is 0 Å². The van der Waals surface area contributed by atoms with E-state index in [-0.39, 0.29) is 23.7 Å². The second-order valence-corrected chi connectivity index (χ2v) is 5.85. The fourth-order valence-electron chi connectivity index (χ4n) is 3.06. The van der Waals surface area contributed by atoms with Crippen molar-refractivity contribution in [3.8, 4) is 0 Å². The van der Waals surface area contributed by atoms with Crippen molar-refractivity contribution in [2.24, 2.45) is 17.1 Å². The molecule has 0 bridgehead atoms. The van der Waals surface area contributed by atoms with Crippen LogP contribution in [0.5, 0.6) is 0 Å². The molecule has 1 atom stereocenters. The lowest BCUT2D eigenvalue weighted by molar-refractivity contribution is -0.132. The Hall–Kier alpha value is -0.280. The molecule has 1 rings (SSSR count). The van der Waals surface area contributed by atoms with Crippen LogP contribution in [-0.4, -0.2) is 18.5 Å². The quantitative estimate of drug-likeness (QED) is 0.789. The highest BCUT2D eigenvalue weighted by Gasteiger charge is 2.35. The molecular weight excluding hydrogens is 260 g/mol. The highest BCUT2D eigenvalue weighted by molar-refractivity contribution is 5.85. The molecule has 0 radical (unpaired) electrons.